The van der Waals surface area contributed by atoms with Crippen LogP contribution in [0.4, 0.5) is 5.95 Å². The van der Waals surface area contributed by atoms with Crippen molar-refractivity contribution in [2.75, 3.05) is 19.0 Å². The first-order chi connectivity index (χ1) is 9.49. The van der Waals surface area contributed by atoms with Gasteiger partial charge in [0.25, 0.3) is 0 Å². The van der Waals surface area contributed by atoms with Crippen molar-refractivity contribution < 1.29 is 4.74 Å². The average molecular weight is 277 g/mol. The number of hydrogen-bond donors (Lipinski definition) is 1. The highest BCUT2D eigenvalue weighted by molar-refractivity contribution is 5.25. The van der Waals surface area contributed by atoms with Gasteiger partial charge in [-0.15, -0.1) is 0 Å². The quantitative estimate of drug-likeness (QED) is 0.895. The summed E-state index contributed by atoms with van der Waals surface area (Å²) in [6.07, 6.45) is 9.35. The van der Waals surface area contributed by atoms with Crippen LogP contribution in [0.2, 0.25) is 0 Å². The summed E-state index contributed by atoms with van der Waals surface area (Å²) in [7, 11) is 1.82. The molecule has 0 aromatic carbocycles. The molecule has 1 aliphatic rings. The molecule has 1 aromatic heterocycles. The number of aromatic nitrogens is 2. The van der Waals surface area contributed by atoms with Crippen LogP contribution in [0.25, 0.3) is 0 Å². The van der Waals surface area contributed by atoms with E-state index in [1.54, 1.807) is 0 Å². The highest BCUT2D eigenvalue weighted by atomic mass is 16.5. The van der Waals surface area contributed by atoms with Gasteiger partial charge in [-0.25, -0.2) is 9.97 Å². The van der Waals surface area contributed by atoms with E-state index in [1.165, 1.54) is 12.8 Å². The van der Waals surface area contributed by atoms with Crippen molar-refractivity contribution in [2.45, 2.75) is 58.5 Å². The number of anilines is 1. The Balaban J connectivity index is 1.93. The lowest BCUT2D eigenvalue weighted by molar-refractivity contribution is -0.0509. The van der Waals surface area contributed by atoms with Crippen molar-refractivity contribution in [3.8, 4) is 0 Å². The van der Waals surface area contributed by atoms with Crippen LogP contribution in [0.1, 0.15) is 52.0 Å². The van der Waals surface area contributed by atoms with E-state index in [9.17, 15) is 0 Å². The predicted octanol–water partition coefficient (Wildman–Crippen LogP) is 3.44. The molecule has 1 aromatic rings. The van der Waals surface area contributed by atoms with Crippen LogP contribution >= 0.6 is 0 Å². The van der Waals surface area contributed by atoms with Crippen LogP contribution in [0.5, 0.6) is 0 Å². The number of nitrogens with one attached hydrogen (secondary N) is 1. The minimum absolute atomic E-state index is 0.0672. The highest BCUT2D eigenvalue weighted by Gasteiger charge is 2.38. The minimum atomic E-state index is -0.0672. The maximum absolute atomic E-state index is 5.82. The first kappa shape index (κ1) is 15.2. The molecule has 2 rings (SSSR count). The standard InChI is InChI=1S/C16H27N3O/c1-5-13-10-17-14(18-11-13)19-12-16(20-4)8-6-15(2,3)7-9-16/h10-11H,5-9,12H2,1-4H3,(H,17,18,19). The van der Waals surface area contributed by atoms with Gasteiger partial charge in [0.2, 0.25) is 5.95 Å². The van der Waals surface area contributed by atoms with Gasteiger partial charge in [0, 0.05) is 26.0 Å². The zero-order valence-corrected chi connectivity index (χ0v) is 13.2. The third-order valence-corrected chi connectivity index (χ3v) is 4.63. The van der Waals surface area contributed by atoms with Crippen molar-refractivity contribution in [2.24, 2.45) is 5.41 Å². The second-order valence-corrected chi connectivity index (χ2v) is 6.67. The number of aryl methyl sites for hydroxylation is 1. The molecular formula is C16H27N3O. The smallest absolute Gasteiger partial charge is 0.222 e. The molecule has 1 fully saturated rings. The van der Waals surface area contributed by atoms with Crippen LogP contribution < -0.4 is 5.32 Å². The molecule has 0 spiro atoms. The second-order valence-electron chi connectivity index (χ2n) is 6.67. The van der Waals surface area contributed by atoms with E-state index in [1.807, 2.05) is 19.5 Å². The topological polar surface area (TPSA) is 47.0 Å². The summed E-state index contributed by atoms with van der Waals surface area (Å²) in [5, 5.41) is 3.34. The minimum Gasteiger partial charge on any atom is -0.376 e. The number of methoxy groups -OCH3 is 1. The Bertz CT molecular complexity index is 418. The number of hydrogen-bond acceptors (Lipinski definition) is 4. The van der Waals surface area contributed by atoms with Gasteiger partial charge >= 0.3 is 0 Å². The number of rotatable bonds is 5. The monoisotopic (exact) mass is 277 g/mol. The van der Waals surface area contributed by atoms with E-state index in [4.69, 9.17) is 4.74 Å². The Labute approximate surface area is 122 Å². The summed E-state index contributed by atoms with van der Waals surface area (Å²) in [5.41, 5.74) is 1.54. The Morgan fingerprint density at radius 1 is 1.15 bits per heavy atom. The predicted molar refractivity (Wildman–Crippen MR) is 81.9 cm³/mol. The largest absolute Gasteiger partial charge is 0.376 e. The lowest BCUT2D eigenvalue weighted by Crippen LogP contribution is -2.44. The summed E-state index contributed by atoms with van der Waals surface area (Å²) in [6, 6.07) is 0. The summed E-state index contributed by atoms with van der Waals surface area (Å²) < 4.78 is 5.82. The van der Waals surface area contributed by atoms with Crippen LogP contribution in [-0.4, -0.2) is 29.2 Å². The molecule has 20 heavy (non-hydrogen) atoms. The summed E-state index contributed by atoms with van der Waals surface area (Å²) in [6.45, 7) is 7.57. The van der Waals surface area contributed by atoms with E-state index in [-0.39, 0.29) is 5.60 Å². The molecule has 112 valence electrons. The molecule has 0 saturated heterocycles. The van der Waals surface area contributed by atoms with Crippen LogP contribution in [-0.2, 0) is 11.2 Å². The SMILES string of the molecule is CCc1cnc(NCC2(OC)CCC(C)(C)CC2)nc1. The van der Waals surface area contributed by atoms with Gasteiger partial charge in [-0.05, 0) is 43.1 Å². The van der Waals surface area contributed by atoms with Gasteiger partial charge in [0.05, 0.1) is 5.60 Å². The summed E-state index contributed by atoms with van der Waals surface area (Å²) in [4.78, 5) is 8.70. The number of nitrogens with zero attached hydrogens (tertiary/aromatic N) is 2. The fraction of sp³-hybridized carbons (Fsp3) is 0.750. The van der Waals surface area contributed by atoms with Crippen molar-refractivity contribution >= 4 is 5.95 Å². The zero-order chi connectivity index (χ0) is 14.6. The molecule has 0 radical (unpaired) electrons. The van der Waals surface area contributed by atoms with Crippen molar-refractivity contribution in [3.05, 3.63) is 18.0 Å². The first-order valence-corrected chi connectivity index (χ1v) is 7.59. The molecule has 0 bridgehead atoms. The first-order valence-electron chi connectivity index (χ1n) is 7.59. The van der Waals surface area contributed by atoms with E-state index in [0.717, 1.165) is 31.4 Å². The number of ether oxygens (including phenoxy) is 1. The van der Waals surface area contributed by atoms with Gasteiger partial charge in [0.15, 0.2) is 0 Å². The second kappa shape index (κ2) is 6.08. The lowest BCUT2D eigenvalue weighted by Gasteiger charge is -2.42. The third-order valence-electron chi connectivity index (χ3n) is 4.63. The van der Waals surface area contributed by atoms with Crippen LogP contribution in [0.3, 0.4) is 0 Å². The van der Waals surface area contributed by atoms with Gasteiger partial charge < -0.3 is 10.1 Å². The Kier molecular flexibility index (Phi) is 4.63. The van der Waals surface area contributed by atoms with E-state index in [0.29, 0.717) is 11.4 Å². The van der Waals surface area contributed by atoms with Gasteiger partial charge in [0.1, 0.15) is 0 Å². The fourth-order valence-corrected chi connectivity index (χ4v) is 2.70. The third kappa shape index (κ3) is 3.69. The van der Waals surface area contributed by atoms with Gasteiger partial charge in [-0.3, -0.25) is 0 Å². The summed E-state index contributed by atoms with van der Waals surface area (Å²) in [5.74, 6) is 0.698. The maximum Gasteiger partial charge on any atom is 0.222 e. The molecule has 0 amide bonds. The van der Waals surface area contributed by atoms with E-state index in [2.05, 4.69) is 36.1 Å². The van der Waals surface area contributed by atoms with Gasteiger partial charge in [-0.1, -0.05) is 20.8 Å². The molecule has 1 N–H and O–H groups in total. The Hall–Kier alpha value is -1.16. The van der Waals surface area contributed by atoms with Crippen molar-refractivity contribution in [1.29, 1.82) is 0 Å². The van der Waals surface area contributed by atoms with Crippen LogP contribution in [0.15, 0.2) is 12.4 Å². The molecular weight excluding hydrogens is 250 g/mol. The summed E-state index contributed by atoms with van der Waals surface area (Å²) >= 11 is 0. The van der Waals surface area contributed by atoms with E-state index >= 15 is 0 Å². The Morgan fingerprint density at radius 2 is 1.75 bits per heavy atom. The molecule has 0 unspecified atom stereocenters. The van der Waals surface area contributed by atoms with Gasteiger partial charge in [-0.2, -0.15) is 0 Å². The molecule has 0 atom stereocenters. The molecule has 1 aliphatic carbocycles. The van der Waals surface area contributed by atoms with Crippen molar-refractivity contribution in [3.63, 3.8) is 0 Å². The molecule has 4 heteroatoms. The normalized spacial score (nSPS) is 20.6. The maximum atomic E-state index is 5.82. The fourth-order valence-electron chi connectivity index (χ4n) is 2.70. The molecule has 1 saturated carbocycles. The van der Waals surface area contributed by atoms with E-state index < -0.39 is 0 Å². The highest BCUT2D eigenvalue weighted by Crippen LogP contribution is 2.41. The molecule has 4 nitrogen and oxygen atoms in total. The van der Waals surface area contributed by atoms with Crippen LogP contribution in [0, 0.1) is 5.41 Å². The zero-order valence-electron chi connectivity index (χ0n) is 13.2. The lowest BCUT2D eigenvalue weighted by atomic mass is 9.71. The van der Waals surface area contributed by atoms with Crippen molar-refractivity contribution in [1.82, 2.24) is 9.97 Å². The Morgan fingerprint density at radius 3 is 2.25 bits per heavy atom. The molecule has 1 heterocycles. The molecule has 0 aliphatic heterocycles. The average Bonchev–Trinajstić information content (AvgIpc) is 2.47.